The Morgan fingerprint density at radius 3 is 1.87 bits per heavy atom. The highest BCUT2D eigenvalue weighted by Gasteiger charge is 2.17. The molecule has 0 spiro atoms. The molecule has 0 atom stereocenters. The van der Waals surface area contributed by atoms with Gasteiger partial charge in [0.1, 0.15) is 0 Å². The number of hydrogen-bond acceptors (Lipinski definition) is 0. The Balaban J connectivity index is 1.16. The SMILES string of the molecule is CC1=C(c2ccc(-c3ccc(-c4ccc5c6ccccc6n(-c6cc7ccccc7c7ccccc67)c5c4)cc3)cc2C)C=CCC1. The zero-order valence-corrected chi connectivity index (χ0v) is 26.8. The summed E-state index contributed by atoms with van der Waals surface area (Å²) in [6.45, 7) is 4.51. The van der Waals surface area contributed by atoms with Gasteiger partial charge in [-0.1, -0.05) is 139 Å². The average Bonchev–Trinajstić information content (AvgIpc) is 3.45. The van der Waals surface area contributed by atoms with Crippen molar-refractivity contribution in [3.05, 3.63) is 168 Å². The molecule has 1 heterocycles. The number of rotatable bonds is 4. The summed E-state index contributed by atoms with van der Waals surface area (Å²) in [7, 11) is 0. The molecule has 9 rings (SSSR count). The van der Waals surface area contributed by atoms with Crippen LogP contribution in [-0.2, 0) is 0 Å². The quantitative estimate of drug-likeness (QED) is 0.177. The fourth-order valence-corrected chi connectivity index (χ4v) is 7.73. The first-order chi connectivity index (χ1) is 23.1. The fourth-order valence-electron chi connectivity index (χ4n) is 7.73. The lowest BCUT2D eigenvalue weighted by molar-refractivity contribution is 0.967. The van der Waals surface area contributed by atoms with Crippen molar-refractivity contribution >= 4 is 48.9 Å². The summed E-state index contributed by atoms with van der Waals surface area (Å²) in [5, 5.41) is 7.63. The molecule has 0 bridgehead atoms. The lowest BCUT2D eigenvalue weighted by Crippen LogP contribution is -1.96. The van der Waals surface area contributed by atoms with Crippen molar-refractivity contribution in [3.8, 4) is 27.9 Å². The van der Waals surface area contributed by atoms with E-state index in [-0.39, 0.29) is 0 Å². The summed E-state index contributed by atoms with van der Waals surface area (Å²) in [4.78, 5) is 0. The van der Waals surface area contributed by atoms with Gasteiger partial charge in [0, 0.05) is 16.2 Å². The molecule has 0 amide bonds. The maximum atomic E-state index is 2.47. The molecule has 1 aromatic heterocycles. The van der Waals surface area contributed by atoms with Gasteiger partial charge in [-0.15, -0.1) is 0 Å². The first kappa shape index (κ1) is 27.6. The van der Waals surface area contributed by atoms with E-state index >= 15 is 0 Å². The Labute approximate surface area is 275 Å². The predicted molar refractivity (Wildman–Crippen MR) is 202 cm³/mol. The highest BCUT2D eigenvalue weighted by atomic mass is 15.0. The molecule has 0 fully saturated rings. The molecule has 47 heavy (non-hydrogen) atoms. The molecule has 224 valence electrons. The lowest BCUT2D eigenvalue weighted by Gasteiger charge is -2.16. The molecule has 0 saturated carbocycles. The fraction of sp³-hybridized carbons (Fsp3) is 0.0870. The van der Waals surface area contributed by atoms with E-state index in [9.17, 15) is 0 Å². The topological polar surface area (TPSA) is 4.93 Å². The average molecular weight is 602 g/mol. The number of aryl methyl sites for hydroxylation is 1. The van der Waals surface area contributed by atoms with E-state index < -0.39 is 0 Å². The van der Waals surface area contributed by atoms with E-state index in [2.05, 4.69) is 170 Å². The van der Waals surface area contributed by atoms with Gasteiger partial charge in [-0.3, -0.25) is 0 Å². The van der Waals surface area contributed by atoms with Crippen LogP contribution in [0.25, 0.3) is 76.9 Å². The Morgan fingerprint density at radius 2 is 1.11 bits per heavy atom. The lowest BCUT2D eigenvalue weighted by atomic mass is 9.89. The highest BCUT2D eigenvalue weighted by Crippen LogP contribution is 2.39. The van der Waals surface area contributed by atoms with Crippen LogP contribution in [0.5, 0.6) is 0 Å². The van der Waals surface area contributed by atoms with Gasteiger partial charge in [-0.2, -0.15) is 0 Å². The Morgan fingerprint density at radius 1 is 0.489 bits per heavy atom. The summed E-state index contributed by atoms with van der Waals surface area (Å²) in [5.74, 6) is 0. The van der Waals surface area contributed by atoms with Crippen LogP contribution < -0.4 is 0 Å². The minimum Gasteiger partial charge on any atom is -0.309 e. The van der Waals surface area contributed by atoms with Gasteiger partial charge < -0.3 is 4.57 Å². The summed E-state index contributed by atoms with van der Waals surface area (Å²) >= 11 is 0. The van der Waals surface area contributed by atoms with Crippen molar-refractivity contribution in [2.45, 2.75) is 26.7 Å². The van der Waals surface area contributed by atoms with Crippen LogP contribution in [0, 0.1) is 6.92 Å². The second kappa shape index (κ2) is 11.0. The Bertz CT molecular complexity index is 2570. The van der Waals surface area contributed by atoms with Crippen LogP contribution in [-0.4, -0.2) is 4.57 Å². The molecule has 0 N–H and O–H groups in total. The molecule has 0 radical (unpaired) electrons. The third-order valence-corrected chi connectivity index (χ3v) is 10.2. The predicted octanol–water partition coefficient (Wildman–Crippen LogP) is 12.9. The molecule has 1 aliphatic carbocycles. The van der Waals surface area contributed by atoms with E-state index in [1.54, 1.807) is 0 Å². The maximum Gasteiger partial charge on any atom is 0.0547 e. The smallest absolute Gasteiger partial charge is 0.0547 e. The standard InChI is InChI=1S/C46H35N/c1-30-11-3-5-13-37(30)38-25-23-34(27-31(38)2)32-19-21-33(22-20-32)35-24-26-43-42-17-9-10-18-44(42)47(45(43)28-35)46-29-36-12-4-6-14-39(36)40-15-7-8-16-41(40)46/h4-10,12-29H,3,11H2,1-2H3. The molecule has 8 aromatic rings. The van der Waals surface area contributed by atoms with Crippen molar-refractivity contribution in [3.63, 3.8) is 0 Å². The van der Waals surface area contributed by atoms with Gasteiger partial charge in [0.2, 0.25) is 0 Å². The Kier molecular flexibility index (Phi) is 6.47. The highest BCUT2D eigenvalue weighted by molar-refractivity contribution is 6.15. The van der Waals surface area contributed by atoms with Crippen LogP contribution >= 0.6 is 0 Å². The second-order valence-electron chi connectivity index (χ2n) is 13.0. The van der Waals surface area contributed by atoms with Crippen molar-refractivity contribution in [1.29, 1.82) is 0 Å². The van der Waals surface area contributed by atoms with Gasteiger partial charge in [0.05, 0.1) is 16.7 Å². The number of para-hydroxylation sites is 1. The number of hydrogen-bond donors (Lipinski definition) is 0. The van der Waals surface area contributed by atoms with Gasteiger partial charge >= 0.3 is 0 Å². The van der Waals surface area contributed by atoms with Gasteiger partial charge in [-0.05, 0) is 100 Å². The zero-order valence-electron chi connectivity index (χ0n) is 26.8. The van der Waals surface area contributed by atoms with Crippen molar-refractivity contribution in [2.24, 2.45) is 0 Å². The van der Waals surface area contributed by atoms with Crippen LogP contribution in [0.15, 0.2) is 157 Å². The number of nitrogens with zero attached hydrogens (tertiary/aromatic N) is 1. The first-order valence-electron chi connectivity index (χ1n) is 16.7. The first-order valence-corrected chi connectivity index (χ1v) is 16.7. The normalized spacial score (nSPS) is 13.4. The minimum absolute atomic E-state index is 1.15. The second-order valence-corrected chi connectivity index (χ2v) is 13.0. The number of benzene rings is 7. The zero-order chi connectivity index (χ0) is 31.5. The van der Waals surface area contributed by atoms with Crippen molar-refractivity contribution in [2.75, 3.05) is 0 Å². The molecule has 7 aromatic carbocycles. The monoisotopic (exact) mass is 601 g/mol. The van der Waals surface area contributed by atoms with Crippen molar-refractivity contribution < 1.29 is 0 Å². The summed E-state index contributed by atoms with van der Waals surface area (Å²) in [6.07, 6.45) is 6.90. The van der Waals surface area contributed by atoms with E-state index in [0.29, 0.717) is 0 Å². The van der Waals surface area contributed by atoms with Gasteiger partial charge in [0.15, 0.2) is 0 Å². The largest absolute Gasteiger partial charge is 0.309 e. The molecule has 1 aliphatic rings. The van der Waals surface area contributed by atoms with Crippen molar-refractivity contribution in [1.82, 2.24) is 4.57 Å². The number of fused-ring (bicyclic) bond motifs is 6. The van der Waals surface area contributed by atoms with Crippen LogP contribution in [0.4, 0.5) is 0 Å². The molecule has 0 saturated heterocycles. The third-order valence-electron chi connectivity index (χ3n) is 10.2. The van der Waals surface area contributed by atoms with E-state index in [1.165, 1.54) is 93.6 Å². The Hall–Kier alpha value is -5.66. The summed E-state index contributed by atoms with van der Waals surface area (Å²) in [6, 6.07) is 51.7. The third kappa shape index (κ3) is 4.54. The summed E-state index contributed by atoms with van der Waals surface area (Å²) in [5.41, 5.74) is 14.1. The minimum atomic E-state index is 1.15. The summed E-state index contributed by atoms with van der Waals surface area (Å²) < 4.78 is 2.47. The molecule has 0 aliphatic heterocycles. The maximum absolute atomic E-state index is 2.47. The number of aromatic nitrogens is 1. The van der Waals surface area contributed by atoms with Crippen LogP contribution in [0.3, 0.4) is 0 Å². The van der Waals surface area contributed by atoms with E-state index in [1.807, 2.05) is 0 Å². The van der Waals surface area contributed by atoms with Gasteiger partial charge in [-0.25, -0.2) is 0 Å². The molecule has 0 unspecified atom stereocenters. The number of allylic oxidation sites excluding steroid dienone is 4. The van der Waals surface area contributed by atoms with Gasteiger partial charge in [0.25, 0.3) is 0 Å². The molecular weight excluding hydrogens is 567 g/mol. The molecule has 1 heteroatoms. The van der Waals surface area contributed by atoms with E-state index in [0.717, 1.165) is 12.8 Å². The van der Waals surface area contributed by atoms with E-state index in [4.69, 9.17) is 0 Å². The van der Waals surface area contributed by atoms with Crippen LogP contribution in [0.1, 0.15) is 30.9 Å². The molecule has 1 nitrogen and oxygen atoms in total. The van der Waals surface area contributed by atoms with Crippen LogP contribution in [0.2, 0.25) is 0 Å². The molecular formula is C46H35N.